The quantitative estimate of drug-likeness (QED) is 0.363. The predicted molar refractivity (Wildman–Crippen MR) is 58.1 cm³/mol. The fourth-order valence-corrected chi connectivity index (χ4v) is 2.21. The van der Waals surface area contributed by atoms with Crippen molar-refractivity contribution in [2.45, 2.75) is 17.2 Å². The number of hydrogen-bond acceptors (Lipinski definition) is 4. The van der Waals surface area contributed by atoms with E-state index in [4.69, 9.17) is 0 Å². The second-order valence-corrected chi connectivity index (χ2v) is 7.02. The topological polar surface area (TPSA) is 56.0 Å². The molecule has 0 atom stereocenters. The molecule has 0 N–H and O–H groups in total. The average Bonchev–Trinajstić information content (AvgIpc) is 2.32. The number of nitrogens with zero attached hydrogens (tertiary/aromatic N) is 2. The number of halogens is 2. The summed E-state index contributed by atoms with van der Waals surface area (Å²) in [4.78, 5) is 15.2. The Bertz CT molecular complexity index is 331. The molecule has 1 rings (SSSR count). The van der Waals surface area contributed by atoms with Gasteiger partial charge >= 0.3 is 3.36 Å². The first kappa shape index (κ1) is 11.1. The van der Waals surface area contributed by atoms with Crippen LogP contribution in [0.5, 0.6) is 0 Å². The summed E-state index contributed by atoms with van der Waals surface area (Å²) in [6, 6.07) is 0. The maximum atomic E-state index is 10.6. The van der Waals surface area contributed by atoms with Crippen LogP contribution in [-0.4, -0.2) is 9.91 Å². The van der Waals surface area contributed by atoms with E-state index in [0.29, 0.717) is 5.01 Å². The van der Waals surface area contributed by atoms with E-state index in [0.717, 1.165) is 10.6 Å². The van der Waals surface area contributed by atoms with Crippen LogP contribution in [0.4, 0.5) is 0 Å². The van der Waals surface area contributed by atoms with Gasteiger partial charge in [0.25, 0.3) is 0 Å². The Morgan fingerprint density at radius 3 is 2.38 bits per heavy atom. The van der Waals surface area contributed by atoms with Gasteiger partial charge in [-0.1, -0.05) is 0 Å². The van der Waals surface area contributed by atoms with Gasteiger partial charge in [-0.3, -0.25) is 10.1 Å². The van der Waals surface area contributed by atoms with Gasteiger partial charge in [-0.25, -0.2) is 4.98 Å². The maximum absolute atomic E-state index is 10.6. The second-order valence-electron chi connectivity index (χ2n) is 2.46. The first-order chi connectivity index (χ1) is 5.85. The molecule has 0 aliphatic carbocycles. The molecule has 1 aromatic rings. The summed E-state index contributed by atoms with van der Waals surface area (Å²) in [6.45, 7) is 3.71. The Kier molecular flexibility index (Phi) is 3.09. The van der Waals surface area contributed by atoms with Crippen molar-refractivity contribution in [3.8, 4) is 0 Å². The highest BCUT2D eigenvalue weighted by Crippen LogP contribution is 2.41. The molecular formula is C6H6Br2N2O2S. The minimum absolute atomic E-state index is 0.410. The van der Waals surface area contributed by atoms with E-state index in [-0.39, 0.29) is 0 Å². The number of aromatic nitrogens is 1. The van der Waals surface area contributed by atoms with Crippen LogP contribution in [0.15, 0.2) is 0 Å². The van der Waals surface area contributed by atoms with E-state index in [1.807, 2.05) is 13.8 Å². The van der Waals surface area contributed by atoms with Crippen LogP contribution in [-0.2, 0) is 3.36 Å². The van der Waals surface area contributed by atoms with E-state index in [1.165, 1.54) is 11.3 Å². The van der Waals surface area contributed by atoms with E-state index >= 15 is 0 Å². The molecule has 1 aromatic heterocycles. The third-order valence-electron chi connectivity index (χ3n) is 1.52. The van der Waals surface area contributed by atoms with Crippen molar-refractivity contribution >= 4 is 43.2 Å². The van der Waals surface area contributed by atoms with Crippen LogP contribution in [0.2, 0.25) is 0 Å². The highest BCUT2D eigenvalue weighted by Gasteiger charge is 2.42. The predicted octanol–water partition coefficient (Wildman–Crippen LogP) is 2.94. The SMILES string of the molecule is Cc1nc(C(Br)(Br)[N+](=O)[O-])sc1C. The Labute approximate surface area is 95.8 Å². The van der Waals surface area contributed by atoms with Crippen molar-refractivity contribution in [1.82, 2.24) is 4.98 Å². The number of nitro groups is 1. The maximum Gasteiger partial charge on any atom is 0.377 e. The molecule has 0 bridgehead atoms. The molecule has 0 saturated carbocycles. The summed E-state index contributed by atoms with van der Waals surface area (Å²) < 4.78 is -1.44. The highest BCUT2D eigenvalue weighted by molar-refractivity contribution is 9.24. The molecule has 0 aliphatic rings. The Morgan fingerprint density at radius 2 is 2.08 bits per heavy atom. The average molecular weight is 330 g/mol. The van der Waals surface area contributed by atoms with Gasteiger partial charge in [0.1, 0.15) is 0 Å². The molecule has 0 saturated heterocycles. The molecule has 1 heterocycles. The van der Waals surface area contributed by atoms with Crippen molar-refractivity contribution in [2.24, 2.45) is 0 Å². The van der Waals surface area contributed by atoms with Gasteiger partial charge in [0.15, 0.2) is 5.01 Å². The third kappa shape index (κ3) is 2.08. The fourth-order valence-electron chi connectivity index (χ4n) is 0.679. The lowest BCUT2D eigenvalue weighted by molar-refractivity contribution is -0.510. The van der Waals surface area contributed by atoms with E-state index in [9.17, 15) is 10.1 Å². The molecule has 72 valence electrons. The molecular weight excluding hydrogens is 324 g/mol. The molecule has 0 aliphatic heterocycles. The first-order valence-corrected chi connectivity index (χ1v) is 5.72. The summed E-state index contributed by atoms with van der Waals surface area (Å²) in [7, 11) is 0. The lowest BCUT2D eigenvalue weighted by Gasteiger charge is -2.06. The van der Waals surface area contributed by atoms with Crippen LogP contribution >= 0.6 is 43.2 Å². The van der Waals surface area contributed by atoms with Gasteiger partial charge < -0.3 is 0 Å². The zero-order valence-corrected chi connectivity index (χ0v) is 10.9. The summed E-state index contributed by atoms with van der Waals surface area (Å²) in [5.74, 6) is 0. The zero-order chi connectivity index (χ0) is 10.2. The van der Waals surface area contributed by atoms with Gasteiger partial charge in [-0.15, -0.1) is 11.3 Å². The lowest BCUT2D eigenvalue weighted by Crippen LogP contribution is -2.20. The van der Waals surface area contributed by atoms with Gasteiger partial charge in [0.2, 0.25) is 0 Å². The molecule has 0 fully saturated rings. The van der Waals surface area contributed by atoms with Crippen LogP contribution < -0.4 is 0 Å². The third-order valence-corrected chi connectivity index (χ3v) is 4.55. The molecule has 0 radical (unpaired) electrons. The van der Waals surface area contributed by atoms with Crippen LogP contribution in [0.1, 0.15) is 15.6 Å². The van der Waals surface area contributed by atoms with Gasteiger partial charge in [-0.2, -0.15) is 0 Å². The molecule has 0 unspecified atom stereocenters. The molecule has 7 heteroatoms. The molecule has 0 aromatic carbocycles. The molecule has 13 heavy (non-hydrogen) atoms. The summed E-state index contributed by atoms with van der Waals surface area (Å²) in [6.07, 6.45) is 0. The van der Waals surface area contributed by atoms with Gasteiger partial charge in [0.05, 0.1) is 10.6 Å². The standard InChI is InChI=1S/C6H6Br2N2O2S/c1-3-4(2)13-5(9-3)6(7,8)10(11)12/h1-2H3. The van der Waals surface area contributed by atoms with Crippen LogP contribution in [0, 0.1) is 24.0 Å². The Morgan fingerprint density at radius 1 is 1.54 bits per heavy atom. The van der Waals surface area contributed by atoms with E-state index in [2.05, 4.69) is 36.8 Å². The second kappa shape index (κ2) is 3.62. The van der Waals surface area contributed by atoms with Crippen molar-refractivity contribution in [3.63, 3.8) is 0 Å². The number of rotatable bonds is 2. The normalized spacial score (nSPS) is 11.7. The lowest BCUT2D eigenvalue weighted by atomic mass is 10.4. The largest absolute Gasteiger partial charge is 0.377 e. The number of hydrogen-bond donors (Lipinski definition) is 0. The minimum Gasteiger partial charge on any atom is -0.262 e. The van der Waals surface area contributed by atoms with Crippen molar-refractivity contribution < 1.29 is 4.92 Å². The monoisotopic (exact) mass is 328 g/mol. The number of aryl methyl sites for hydroxylation is 2. The van der Waals surface area contributed by atoms with Crippen molar-refractivity contribution in [1.29, 1.82) is 0 Å². The summed E-state index contributed by atoms with van der Waals surface area (Å²) in [5.41, 5.74) is 0.824. The number of alkyl halides is 2. The van der Waals surface area contributed by atoms with Gasteiger partial charge in [-0.05, 0) is 13.8 Å². The smallest absolute Gasteiger partial charge is 0.262 e. The van der Waals surface area contributed by atoms with Crippen molar-refractivity contribution in [2.75, 3.05) is 0 Å². The summed E-state index contributed by atoms with van der Waals surface area (Å²) >= 11 is 7.24. The minimum atomic E-state index is -1.44. The van der Waals surface area contributed by atoms with Crippen LogP contribution in [0.3, 0.4) is 0 Å². The molecule has 0 spiro atoms. The zero-order valence-electron chi connectivity index (χ0n) is 6.88. The molecule has 0 amide bonds. The van der Waals surface area contributed by atoms with Crippen LogP contribution in [0.25, 0.3) is 0 Å². The summed E-state index contributed by atoms with van der Waals surface area (Å²) in [5, 5.41) is 11.0. The number of thiazole rings is 1. The highest BCUT2D eigenvalue weighted by atomic mass is 79.9. The first-order valence-electron chi connectivity index (χ1n) is 3.32. The van der Waals surface area contributed by atoms with Gasteiger partial charge in [0, 0.05) is 36.7 Å². The van der Waals surface area contributed by atoms with E-state index < -0.39 is 8.28 Å². The Balaban J connectivity index is 3.15. The van der Waals surface area contributed by atoms with E-state index in [1.54, 1.807) is 0 Å². The Hall–Kier alpha value is -0.0100. The van der Waals surface area contributed by atoms with Crippen molar-refractivity contribution in [3.05, 3.63) is 25.7 Å². The molecule has 4 nitrogen and oxygen atoms in total. The fraction of sp³-hybridized carbons (Fsp3) is 0.500.